The summed E-state index contributed by atoms with van der Waals surface area (Å²) < 4.78 is 26.5. The highest BCUT2D eigenvalue weighted by Crippen LogP contribution is 2.38. The molecule has 2 unspecified atom stereocenters. The van der Waals surface area contributed by atoms with Gasteiger partial charge in [0.25, 0.3) is 0 Å². The van der Waals surface area contributed by atoms with Crippen LogP contribution in [-0.2, 0) is 6.42 Å². The molecule has 1 aromatic carbocycles. The van der Waals surface area contributed by atoms with Gasteiger partial charge in [-0.15, -0.1) is 11.6 Å². The number of nitrogen functional groups attached to an aromatic ring is 1. The van der Waals surface area contributed by atoms with E-state index < -0.39 is 11.6 Å². The number of halogens is 2. The van der Waals surface area contributed by atoms with Gasteiger partial charge in [-0.25, -0.2) is 14.4 Å². The zero-order valence-corrected chi connectivity index (χ0v) is 19.8. The van der Waals surface area contributed by atoms with Crippen molar-refractivity contribution in [2.45, 2.75) is 44.7 Å². The number of alkyl halides is 1. The Bertz CT molecular complexity index is 1270. The molecule has 1 aliphatic carbocycles. The van der Waals surface area contributed by atoms with Gasteiger partial charge >= 0.3 is 0 Å². The maximum Gasteiger partial charge on any atom is 0.192 e. The van der Waals surface area contributed by atoms with Crippen molar-refractivity contribution in [3.05, 3.63) is 64.6 Å². The average Bonchev–Trinajstić information content (AvgIpc) is 3.55. The van der Waals surface area contributed by atoms with E-state index in [9.17, 15) is 4.39 Å². The van der Waals surface area contributed by atoms with E-state index in [0.717, 1.165) is 23.4 Å². The Morgan fingerprint density at radius 2 is 2.09 bits per heavy atom. The molecule has 5 rings (SSSR count). The molecule has 1 saturated carbocycles. The molecule has 178 valence electrons. The number of rotatable bonds is 4. The number of nitrogens with two attached hydrogens (primary N) is 2. The van der Waals surface area contributed by atoms with E-state index in [1.165, 1.54) is 25.0 Å². The fourth-order valence-corrected chi connectivity index (χ4v) is 4.48. The Hall–Kier alpha value is -3.10. The molecule has 0 saturated heterocycles. The molecule has 2 bridgehead atoms. The number of benzene rings is 1. The van der Waals surface area contributed by atoms with E-state index in [1.54, 1.807) is 19.2 Å². The molecule has 9 heteroatoms. The SMILES string of the molecule is Cc1nc2c(o1)-c1ccc(F)cc1C(C)Oc1cc(cnc1N)/C(NCC1CC1)=C(/C(N)Cl)C2. The van der Waals surface area contributed by atoms with E-state index in [-0.39, 0.29) is 11.6 Å². The molecule has 0 spiro atoms. The summed E-state index contributed by atoms with van der Waals surface area (Å²) in [6.45, 7) is 4.41. The Labute approximate surface area is 202 Å². The topological polar surface area (TPSA) is 112 Å². The third kappa shape index (κ3) is 4.48. The van der Waals surface area contributed by atoms with Gasteiger partial charge in [0.05, 0.1) is 5.69 Å². The van der Waals surface area contributed by atoms with E-state index in [4.69, 9.17) is 32.2 Å². The summed E-state index contributed by atoms with van der Waals surface area (Å²) in [6, 6.07) is 6.33. The van der Waals surface area contributed by atoms with Gasteiger partial charge in [0, 0.05) is 48.5 Å². The fourth-order valence-electron chi connectivity index (χ4n) is 4.29. The molecule has 0 amide bonds. The van der Waals surface area contributed by atoms with Gasteiger partial charge in [0.2, 0.25) is 0 Å². The molecule has 3 heterocycles. The number of hydrogen-bond donors (Lipinski definition) is 3. The molecule has 3 aromatic rings. The predicted molar refractivity (Wildman–Crippen MR) is 130 cm³/mol. The first-order valence-corrected chi connectivity index (χ1v) is 11.8. The summed E-state index contributed by atoms with van der Waals surface area (Å²) in [4.78, 5) is 8.99. The molecule has 5 N–H and O–H groups in total. The van der Waals surface area contributed by atoms with Crippen molar-refractivity contribution in [1.29, 1.82) is 0 Å². The first-order valence-electron chi connectivity index (χ1n) is 11.4. The summed E-state index contributed by atoms with van der Waals surface area (Å²) in [5.41, 5.74) is 15.9. The van der Waals surface area contributed by atoms with E-state index in [2.05, 4.69) is 15.3 Å². The number of oxazole rings is 1. The lowest BCUT2D eigenvalue weighted by Gasteiger charge is -2.23. The van der Waals surface area contributed by atoms with Crippen LogP contribution in [0.5, 0.6) is 5.75 Å². The van der Waals surface area contributed by atoms with Crippen molar-refractivity contribution in [2.75, 3.05) is 12.3 Å². The summed E-state index contributed by atoms with van der Waals surface area (Å²) >= 11 is 6.53. The largest absolute Gasteiger partial charge is 0.482 e. The highest BCUT2D eigenvalue weighted by atomic mass is 35.5. The number of ether oxygens (including phenoxy) is 1. The van der Waals surface area contributed by atoms with Crippen LogP contribution in [0.1, 0.15) is 48.6 Å². The number of nitrogens with one attached hydrogen (secondary N) is 1. The Kier molecular flexibility index (Phi) is 5.95. The van der Waals surface area contributed by atoms with Crippen LogP contribution in [0, 0.1) is 18.7 Å². The highest BCUT2D eigenvalue weighted by Gasteiger charge is 2.28. The van der Waals surface area contributed by atoms with E-state index >= 15 is 0 Å². The molecule has 2 aliphatic rings. The van der Waals surface area contributed by atoms with Crippen LogP contribution < -0.4 is 21.5 Å². The second-order valence-electron chi connectivity index (χ2n) is 8.91. The fraction of sp³-hybridized carbons (Fsp3) is 0.360. The van der Waals surface area contributed by atoms with Crippen LogP contribution in [0.2, 0.25) is 0 Å². The summed E-state index contributed by atoms with van der Waals surface area (Å²) in [6.07, 6.45) is 3.86. The Balaban J connectivity index is 1.75. The normalized spacial score (nSPS) is 20.9. The van der Waals surface area contributed by atoms with E-state index in [1.807, 2.05) is 13.0 Å². The van der Waals surface area contributed by atoms with Gasteiger partial charge in [-0.05, 0) is 55.5 Å². The summed E-state index contributed by atoms with van der Waals surface area (Å²) in [5.74, 6) is 1.89. The van der Waals surface area contributed by atoms with Crippen LogP contribution in [0.3, 0.4) is 0 Å². The Morgan fingerprint density at radius 1 is 1.29 bits per heavy atom. The molecule has 7 nitrogen and oxygen atoms in total. The van der Waals surface area contributed by atoms with Crippen molar-refractivity contribution in [3.63, 3.8) is 0 Å². The van der Waals surface area contributed by atoms with Crippen molar-refractivity contribution < 1.29 is 13.5 Å². The van der Waals surface area contributed by atoms with Crippen molar-refractivity contribution in [1.82, 2.24) is 15.3 Å². The smallest absolute Gasteiger partial charge is 0.192 e. The van der Waals surface area contributed by atoms with Gasteiger partial charge in [-0.1, -0.05) is 0 Å². The number of aryl methyl sites for hydroxylation is 1. The van der Waals surface area contributed by atoms with Gasteiger partial charge in [-0.2, -0.15) is 0 Å². The Morgan fingerprint density at radius 3 is 2.82 bits per heavy atom. The second-order valence-corrected chi connectivity index (χ2v) is 9.38. The van der Waals surface area contributed by atoms with Gasteiger partial charge in [0.1, 0.15) is 17.4 Å². The lowest BCUT2D eigenvalue weighted by atomic mass is 9.96. The van der Waals surface area contributed by atoms with Gasteiger partial charge < -0.3 is 25.9 Å². The first kappa shape index (κ1) is 22.7. The number of nitrogens with zero attached hydrogens (tertiary/aromatic N) is 2. The maximum absolute atomic E-state index is 14.3. The lowest BCUT2D eigenvalue weighted by Crippen LogP contribution is -2.25. The zero-order chi connectivity index (χ0) is 24.0. The molecule has 0 radical (unpaired) electrons. The summed E-state index contributed by atoms with van der Waals surface area (Å²) in [7, 11) is 0. The molecule has 1 fully saturated rings. The molecule has 2 atom stereocenters. The average molecular weight is 484 g/mol. The number of hydrogen-bond acceptors (Lipinski definition) is 7. The van der Waals surface area contributed by atoms with Crippen LogP contribution in [0.4, 0.5) is 10.2 Å². The highest BCUT2D eigenvalue weighted by molar-refractivity contribution is 6.22. The maximum atomic E-state index is 14.3. The second kappa shape index (κ2) is 8.92. The first-order chi connectivity index (χ1) is 16.3. The standard InChI is InChI=1S/C25H27ClFN5O2/c1-12-18-8-16(27)5-6-17(18)23-20(32-13(2)34-23)9-19(24(26)28)22(30-10-14-3-4-14)15-7-21(33-12)25(29)31-11-15/h5-8,11-12,14,24,30H,3-4,9-10,28H2,1-2H3,(H2,29,31)/b22-19-. The molecular formula is C25H27ClFN5O2. The van der Waals surface area contributed by atoms with Crippen LogP contribution in [0.15, 0.2) is 40.5 Å². The minimum absolute atomic E-state index is 0.236. The molecule has 2 aromatic heterocycles. The van der Waals surface area contributed by atoms with Crippen LogP contribution >= 0.6 is 11.6 Å². The van der Waals surface area contributed by atoms with Crippen LogP contribution in [-0.4, -0.2) is 22.0 Å². The third-order valence-corrected chi connectivity index (χ3v) is 6.51. The zero-order valence-electron chi connectivity index (χ0n) is 19.1. The number of fused-ring (bicyclic) bond motifs is 5. The van der Waals surface area contributed by atoms with Crippen molar-refractivity contribution in [2.24, 2.45) is 11.7 Å². The number of aromatic nitrogens is 2. The lowest BCUT2D eigenvalue weighted by molar-refractivity contribution is 0.227. The summed E-state index contributed by atoms with van der Waals surface area (Å²) in [5, 5.41) is 3.54. The van der Waals surface area contributed by atoms with E-state index in [0.29, 0.717) is 46.6 Å². The third-order valence-electron chi connectivity index (χ3n) is 6.25. The molecular weight excluding hydrogens is 457 g/mol. The monoisotopic (exact) mass is 483 g/mol. The predicted octanol–water partition coefficient (Wildman–Crippen LogP) is 4.70. The van der Waals surface area contributed by atoms with Gasteiger partial charge in [0.15, 0.2) is 23.2 Å². The number of pyridine rings is 1. The van der Waals surface area contributed by atoms with Crippen molar-refractivity contribution >= 4 is 23.1 Å². The number of anilines is 1. The van der Waals surface area contributed by atoms with Crippen LogP contribution in [0.25, 0.3) is 17.0 Å². The minimum Gasteiger partial charge on any atom is -0.482 e. The minimum atomic E-state index is -0.789. The molecule has 1 aliphatic heterocycles. The van der Waals surface area contributed by atoms with Gasteiger partial charge in [-0.3, -0.25) is 0 Å². The van der Waals surface area contributed by atoms with Crippen molar-refractivity contribution in [3.8, 4) is 17.1 Å². The quantitative estimate of drug-likeness (QED) is 0.364. The molecule has 34 heavy (non-hydrogen) atoms.